The molecule has 1 saturated heterocycles. The Morgan fingerprint density at radius 1 is 1.25 bits per heavy atom. The van der Waals surface area contributed by atoms with Crippen molar-refractivity contribution in [1.82, 2.24) is 9.80 Å². The Hall–Kier alpha value is -1.06. The third-order valence-corrected chi connectivity index (χ3v) is 4.01. The molecule has 1 fully saturated rings. The molecule has 1 rings (SSSR count). The highest BCUT2D eigenvalue weighted by Crippen LogP contribution is 2.22. The van der Waals surface area contributed by atoms with E-state index in [4.69, 9.17) is 0 Å². The first-order valence-electron chi connectivity index (χ1n) is 8.09. The lowest BCUT2D eigenvalue weighted by molar-refractivity contribution is -0.136. The van der Waals surface area contributed by atoms with Gasteiger partial charge >= 0.3 is 0 Å². The quantitative estimate of drug-likeness (QED) is 0.687. The number of likely N-dealkylation sites (tertiary alicyclic amines) is 1. The van der Waals surface area contributed by atoms with Gasteiger partial charge < -0.3 is 9.80 Å². The summed E-state index contributed by atoms with van der Waals surface area (Å²) in [4.78, 5) is 28.4. The standard InChI is InChI=1S/C16H30N2O2/c1-5-7-9-17(10-8-6-2)16(20)14-11-15(19)18(12-14)13(3)4/h13-14H,5-12H2,1-4H3/t14-/m1/s1. The van der Waals surface area contributed by atoms with Crippen molar-refractivity contribution in [2.75, 3.05) is 19.6 Å². The number of rotatable bonds is 8. The average molecular weight is 282 g/mol. The molecule has 1 aliphatic rings. The zero-order valence-corrected chi connectivity index (χ0v) is 13.5. The Labute approximate surface area is 123 Å². The zero-order valence-electron chi connectivity index (χ0n) is 13.5. The highest BCUT2D eigenvalue weighted by Gasteiger charge is 2.37. The van der Waals surface area contributed by atoms with Crippen LogP contribution in [0.2, 0.25) is 0 Å². The Morgan fingerprint density at radius 3 is 2.20 bits per heavy atom. The molecule has 1 heterocycles. The molecule has 0 aromatic carbocycles. The van der Waals surface area contributed by atoms with Gasteiger partial charge in [0.1, 0.15) is 0 Å². The molecule has 20 heavy (non-hydrogen) atoms. The van der Waals surface area contributed by atoms with E-state index in [0.29, 0.717) is 13.0 Å². The summed E-state index contributed by atoms with van der Waals surface area (Å²) in [6.07, 6.45) is 4.68. The van der Waals surface area contributed by atoms with Crippen LogP contribution in [0.4, 0.5) is 0 Å². The molecule has 116 valence electrons. The maximum atomic E-state index is 12.6. The summed E-state index contributed by atoms with van der Waals surface area (Å²) in [7, 11) is 0. The van der Waals surface area contributed by atoms with Gasteiger partial charge in [0.05, 0.1) is 5.92 Å². The minimum atomic E-state index is -0.126. The van der Waals surface area contributed by atoms with E-state index in [0.717, 1.165) is 38.8 Å². The van der Waals surface area contributed by atoms with E-state index in [1.54, 1.807) is 0 Å². The van der Waals surface area contributed by atoms with Crippen LogP contribution in [-0.4, -0.2) is 47.3 Å². The minimum absolute atomic E-state index is 0.126. The maximum Gasteiger partial charge on any atom is 0.227 e. The fraction of sp³-hybridized carbons (Fsp3) is 0.875. The first-order valence-corrected chi connectivity index (χ1v) is 8.09. The van der Waals surface area contributed by atoms with Gasteiger partial charge in [0, 0.05) is 32.1 Å². The Bertz CT molecular complexity index is 320. The highest BCUT2D eigenvalue weighted by molar-refractivity contribution is 5.89. The van der Waals surface area contributed by atoms with Crippen LogP contribution in [0.3, 0.4) is 0 Å². The van der Waals surface area contributed by atoms with Gasteiger partial charge in [-0.15, -0.1) is 0 Å². The molecule has 0 unspecified atom stereocenters. The normalized spacial score (nSPS) is 18.9. The zero-order chi connectivity index (χ0) is 15.1. The van der Waals surface area contributed by atoms with E-state index in [2.05, 4.69) is 13.8 Å². The summed E-state index contributed by atoms with van der Waals surface area (Å²) < 4.78 is 0. The van der Waals surface area contributed by atoms with Gasteiger partial charge in [-0.05, 0) is 26.7 Å². The van der Waals surface area contributed by atoms with Gasteiger partial charge in [-0.25, -0.2) is 0 Å². The molecule has 0 bridgehead atoms. The summed E-state index contributed by atoms with van der Waals surface area (Å²) in [5.41, 5.74) is 0. The number of amides is 2. The second-order valence-corrected chi connectivity index (χ2v) is 6.07. The fourth-order valence-electron chi connectivity index (χ4n) is 2.68. The van der Waals surface area contributed by atoms with Crippen molar-refractivity contribution in [3.05, 3.63) is 0 Å². The predicted octanol–water partition coefficient (Wildman–Crippen LogP) is 2.67. The molecule has 0 aliphatic carbocycles. The van der Waals surface area contributed by atoms with E-state index in [-0.39, 0.29) is 23.8 Å². The molecule has 4 nitrogen and oxygen atoms in total. The van der Waals surface area contributed by atoms with Crippen LogP contribution in [0.15, 0.2) is 0 Å². The first-order chi connectivity index (χ1) is 9.51. The van der Waals surface area contributed by atoms with Crippen LogP contribution in [0, 0.1) is 5.92 Å². The van der Waals surface area contributed by atoms with E-state index in [1.165, 1.54) is 0 Å². The van der Waals surface area contributed by atoms with Crippen LogP contribution in [-0.2, 0) is 9.59 Å². The van der Waals surface area contributed by atoms with E-state index < -0.39 is 0 Å². The van der Waals surface area contributed by atoms with Crippen LogP contribution in [0.1, 0.15) is 59.8 Å². The van der Waals surface area contributed by atoms with Crippen molar-refractivity contribution in [1.29, 1.82) is 0 Å². The van der Waals surface area contributed by atoms with Crippen molar-refractivity contribution in [2.24, 2.45) is 5.92 Å². The topological polar surface area (TPSA) is 40.6 Å². The lowest BCUT2D eigenvalue weighted by Gasteiger charge is -2.26. The van der Waals surface area contributed by atoms with Gasteiger partial charge in [-0.3, -0.25) is 9.59 Å². The van der Waals surface area contributed by atoms with E-state index in [1.807, 2.05) is 23.6 Å². The highest BCUT2D eigenvalue weighted by atomic mass is 16.2. The Balaban J connectivity index is 2.62. The Kier molecular flexibility index (Phi) is 7.03. The molecular formula is C16H30N2O2. The predicted molar refractivity (Wildman–Crippen MR) is 81.4 cm³/mol. The molecule has 0 saturated carbocycles. The molecule has 0 aromatic heterocycles. The van der Waals surface area contributed by atoms with Gasteiger partial charge in [0.15, 0.2) is 0 Å². The molecule has 4 heteroatoms. The number of nitrogens with zero attached hydrogens (tertiary/aromatic N) is 2. The second-order valence-electron chi connectivity index (χ2n) is 6.07. The number of hydrogen-bond acceptors (Lipinski definition) is 2. The monoisotopic (exact) mass is 282 g/mol. The van der Waals surface area contributed by atoms with E-state index >= 15 is 0 Å². The van der Waals surface area contributed by atoms with Gasteiger partial charge in [0.25, 0.3) is 0 Å². The van der Waals surface area contributed by atoms with Crippen LogP contribution >= 0.6 is 0 Å². The largest absolute Gasteiger partial charge is 0.342 e. The SMILES string of the molecule is CCCCN(CCCC)C(=O)[C@@H]1CC(=O)N(C(C)C)C1. The van der Waals surface area contributed by atoms with Crippen molar-refractivity contribution in [3.8, 4) is 0 Å². The van der Waals surface area contributed by atoms with Gasteiger partial charge in [-0.2, -0.15) is 0 Å². The number of carbonyl (C=O) groups is 2. The molecule has 1 atom stereocenters. The number of hydrogen-bond donors (Lipinski definition) is 0. The van der Waals surface area contributed by atoms with Crippen molar-refractivity contribution < 1.29 is 9.59 Å². The smallest absolute Gasteiger partial charge is 0.227 e. The number of unbranched alkanes of at least 4 members (excludes halogenated alkanes) is 2. The lowest BCUT2D eigenvalue weighted by atomic mass is 10.1. The first kappa shape index (κ1) is 17.0. The summed E-state index contributed by atoms with van der Waals surface area (Å²) in [6, 6.07) is 0.194. The van der Waals surface area contributed by atoms with Crippen molar-refractivity contribution in [2.45, 2.75) is 65.8 Å². The third kappa shape index (κ3) is 4.50. The summed E-state index contributed by atoms with van der Waals surface area (Å²) in [5, 5.41) is 0. The van der Waals surface area contributed by atoms with E-state index in [9.17, 15) is 9.59 Å². The molecule has 2 amide bonds. The summed E-state index contributed by atoms with van der Waals surface area (Å²) in [5.74, 6) is 0.186. The maximum absolute atomic E-state index is 12.6. The van der Waals surface area contributed by atoms with Gasteiger partial charge in [-0.1, -0.05) is 26.7 Å². The summed E-state index contributed by atoms with van der Waals surface area (Å²) in [6.45, 7) is 10.6. The van der Waals surface area contributed by atoms with Crippen LogP contribution < -0.4 is 0 Å². The average Bonchev–Trinajstić information content (AvgIpc) is 2.80. The van der Waals surface area contributed by atoms with Crippen LogP contribution in [0.5, 0.6) is 0 Å². The lowest BCUT2D eigenvalue weighted by Crippen LogP contribution is -2.39. The molecule has 0 aromatic rings. The number of carbonyl (C=O) groups excluding carboxylic acids is 2. The molecule has 1 aliphatic heterocycles. The fourth-order valence-corrected chi connectivity index (χ4v) is 2.68. The third-order valence-electron chi connectivity index (χ3n) is 4.01. The van der Waals surface area contributed by atoms with Gasteiger partial charge in [0.2, 0.25) is 11.8 Å². The summed E-state index contributed by atoms with van der Waals surface area (Å²) >= 11 is 0. The molecule has 0 N–H and O–H groups in total. The minimum Gasteiger partial charge on any atom is -0.342 e. The van der Waals surface area contributed by atoms with Crippen molar-refractivity contribution in [3.63, 3.8) is 0 Å². The second kappa shape index (κ2) is 8.28. The van der Waals surface area contributed by atoms with Crippen LogP contribution in [0.25, 0.3) is 0 Å². The van der Waals surface area contributed by atoms with Crippen molar-refractivity contribution >= 4 is 11.8 Å². The molecular weight excluding hydrogens is 252 g/mol. The Morgan fingerprint density at radius 2 is 1.80 bits per heavy atom. The molecule has 0 spiro atoms. The molecule has 0 radical (unpaired) electrons.